The predicted octanol–water partition coefficient (Wildman–Crippen LogP) is 4.14. The van der Waals surface area contributed by atoms with E-state index in [-0.39, 0.29) is 29.3 Å². The molecule has 0 saturated heterocycles. The van der Waals surface area contributed by atoms with Crippen LogP contribution < -0.4 is 15.4 Å². The first kappa shape index (κ1) is 22.1. The van der Waals surface area contributed by atoms with Crippen LogP contribution in [0.4, 0.5) is 26.1 Å². The number of carbonyl (C=O) groups excluding carboxylic acids is 1. The number of amides is 1. The van der Waals surface area contributed by atoms with E-state index >= 15 is 0 Å². The smallest absolute Gasteiger partial charge is 0.303 e. The van der Waals surface area contributed by atoms with Crippen LogP contribution in [0.25, 0.3) is 11.3 Å². The molecular formula is C20H23F2N7O2. The number of alkyl halides is 2. The summed E-state index contributed by atoms with van der Waals surface area (Å²) in [5.74, 6) is -3.47. The van der Waals surface area contributed by atoms with Gasteiger partial charge in [-0.25, -0.2) is 15.0 Å². The molecule has 9 nitrogen and oxygen atoms in total. The quantitative estimate of drug-likeness (QED) is 0.579. The zero-order chi connectivity index (χ0) is 22.8. The van der Waals surface area contributed by atoms with Crippen molar-refractivity contribution < 1.29 is 18.3 Å². The number of rotatable bonds is 7. The van der Waals surface area contributed by atoms with E-state index in [1.54, 1.807) is 17.1 Å². The maximum absolute atomic E-state index is 14.1. The summed E-state index contributed by atoms with van der Waals surface area (Å²) in [5.41, 5.74) is 1.25. The molecule has 3 heterocycles. The molecule has 3 rings (SSSR count). The monoisotopic (exact) mass is 431 g/mol. The second-order valence-corrected chi connectivity index (χ2v) is 7.23. The van der Waals surface area contributed by atoms with Crippen LogP contribution in [0.3, 0.4) is 0 Å². The van der Waals surface area contributed by atoms with Crippen molar-refractivity contribution in [3.63, 3.8) is 0 Å². The molecule has 3 aromatic rings. The lowest BCUT2D eigenvalue weighted by atomic mass is 10.2. The second-order valence-electron chi connectivity index (χ2n) is 7.23. The highest BCUT2D eigenvalue weighted by Gasteiger charge is 2.30. The Kier molecular flexibility index (Phi) is 6.14. The molecule has 3 aromatic heterocycles. The van der Waals surface area contributed by atoms with Gasteiger partial charge in [-0.15, -0.1) is 0 Å². The number of hydrogen-bond acceptors (Lipinski definition) is 7. The third-order valence-corrected chi connectivity index (χ3v) is 4.20. The van der Waals surface area contributed by atoms with Crippen molar-refractivity contribution in [2.45, 2.75) is 39.7 Å². The van der Waals surface area contributed by atoms with E-state index in [2.05, 4.69) is 30.7 Å². The maximum atomic E-state index is 14.1. The molecule has 1 amide bonds. The second kappa shape index (κ2) is 8.62. The predicted molar refractivity (Wildman–Crippen MR) is 112 cm³/mol. The molecule has 0 aliphatic rings. The van der Waals surface area contributed by atoms with Crippen molar-refractivity contribution in [2.75, 3.05) is 17.7 Å². The van der Waals surface area contributed by atoms with Gasteiger partial charge in [-0.3, -0.25) is 9.48 Å². The minimum Gasteiger partial charge on any atom is -0.493 e. The summed E-state index contributed by atoms with van der Waals surface area (Å²) in [4.78, 5) is 23.4. The minimum atomic E-state index is -3.26. The lowest BCUT2D eigenvalue weighted by Gasteiger charge is -2.15. The lowest BCUT2D eigenvalue weighted by Crippen LogP contribution is -2.14. The molecule has 0 aromatic carbocycles. The molecule has 0 saturated carbocycles. The fourth-order valence-corrected chi connectivity index (χ4v) is 2.70. The molecule has 0 fully saturated rings. The van der Waals surface area contributed by atoms with E-state index in [0.717, 1.165) is 6.92 Å². The van der Waals surface area contributed by atoms with Crippen LogP contribution in [0.2, 0.25) is 0 Å². The molecule has 0 atom stereocenters. The molecule has 0 spiro atoms. The van der Waals surface area contributed by atoms with Gasteiger partial charge in [0.15, 0.2) is 5.75 Å². The summed E-state index contributed by atoms with van der Waals surface area (Å²) in [7, 11) is 1.44. The molecular weight excluding hydrogens is 408 g/mol. The highest BCUT2D eigenvalue weighted by molar-refractivity contribution is 5.88. The van der Waals surface area contributed by atoms with Gasteiger partial charge in [0, 0.05) is 43.8 Å². The molecule has 2 N–H and O–H groups in total. The van der Waals surface area contributed by atoms with Crippen molar-refractivity contribution in [3.05, 3.63) is 36.5 Å². The van der Waals surface area contributed by atoms with E-state index in [1.807, 2.05) is 13.8 Å². The summed E-state index contributed by atoms with van der Waals surface area (Å²) < 4.78 is 35.2. The van der Waals surface area contributed by atoms with E-state index in [4.69, 9.17) is 4.74 Å². The van der Waals surface area contributed by atoms with Gasteiger partial charge < -0.3 is 15.4 Å². The van der Waals surface area contributed by atoms with Crippen LogP contribution in [-0.2, 0) is 10.7 Å². The summed E-state index contributed by atoms with van der Waals surface area (Å²) in [5, 5.41) is 9.76. The van der Waals surface area contributed by atoms with Crippen molar-refractivity contribution in [2.24, 2.45) is 0 Å². The Morgan fingerprint density at radius 3 is 2.52 bits per heavy atom. The largest absolute Gasteiger partial charge is 0.493 e. The molecule has 0 aliphatic heterocycles. The molecule has 164 valence electrons. The average Bonchev–Trinajstić information content (AvgIpc) is 3.17. The number of nitrogens with one attached hydrogen (secondary N) is 2. The summed E-state index contributed by atoms with van der Waals surface area (Å²) in [6.07, 6.45) is 4.69. The number of nitrogens with zero attached hydrogens (tertiary/aromatic N) is 5. The van der Waals surface area contributed by atoms with Crippen LogP contribution in [0.5, 0.6) is 5.75 Å². The number of ether oxygens (including phenoxy) is 1. The van der Waals surface area contributed by atoms with Gasteiger partial charge in [-0.05, 0) is 13.8 Å². The number of methoxy groups -OCH3 is 1. The fraction of sp³-hybridized carbons (Fsp3) is 0.350. The van der Waals surface area contributed by atoms with E-state index in [0.29, 0.717) is 17.0 Å². The Labute approximate surface area is 177 Å². The lowest BCUT2D eigenvalue weighted by molar-refractivity contribution is -0.114. The van der Waals surface area contributed by atoms with Crippen molar-refractivity contribution in [3.8, 4) is 17.0 Å². The number of halogens is 2. The Morgan fingerprint density at radius 2 is 1.94 bits per heavy atom. The van der Waals surface area contributed by atoms with E-state index in [1.165, 1.54) is 32.4 Å². The molecule has 31 heavy (non-hydrogen) atoms. The average molecular weight is 431 g/mol. The first-order valence-electron chi connectivity index (χ1n) is 9.47. The molecule has 0 bridgehead atoms. The maximum Gasteiger partial charge on any atom is 0.303 e. The molecule has 0 radical (unpaired) electrons. The van der Waals surface area contributed by atoms with Gasteiger partial charge in [0.05, 0.1) is 30.9 Å². The highest BCUT2D eigenvalue weighted by Crippen LogP contribution is 2.32. The third kappa shape index (κ3) is 5.30. The van der Waals surface area contributed by atoms with Crippen molar-refractivity contribution in [1.82, 2.24) is 24.7 Å². The first-order chi connectivity index (χ1) is 14.6. The van der Waals surface area contributed by atoms with Gasteiger partial charge in [0.2, 0.25) is 11.7 Å². The van der Waals surface area contributed by atoms with Gasteiger partial charge in [0.25, 0.3) is 0 Å². The van der Waals surface area contributed by atoms with E-state index in [9.17, 15) is 13.6 Å². The summed E-state index contributed by atoms with van der Waals surface area (Å²) in [6, 6.07) is 3.16. The van der Waals surface area contributed by atoms with Gasteiger partial charge in [0.1, 0.15) is 11.6 Å². The SMILES string of the molecule is COc1cnc(NC(C)=O)cc1Nc1cc(-c2cnn(C(C)C)c2)nc(C(C)(F)F)n1. The Hall–Kier alpha value is -3.63. The number of pyridine rings is 1. The molecule has 0 unspecified atom stereocenters. The van der Waals surface area contributed by atoms with Gasteiger partial charge in [-0.1, -0.05) is 0 Å². The van der Waals surface area contributed by atoms with Crippen LogP contribution in [0, 0.1) is 0 Å². The van der Waals surface area contributed by atoms with E-state index < -0.39 is 11.7 Å². The normalized spacial score (nSPS) is 11.5. The first-order valence-corrected chi connectivity index (χ1v) is 9.47. The third-order valence-electron chi connectivity index (χ3n) is 4.20. The molecule has 11 heteroatoms. The number of anilines is 3. The Morgan fingerprint density at radius 1 is 1.19 bits per heavy atom. The summed E-state index contributed by atoms with van der Waals surface area (Å²) >= 11 is 0. The zero-order valence-electron chi connectivity index (χ0n) is 17.8. The number of hydrogen-bond donors (Lipinski definition) is 2. The fourth-order valence-electron chi connectivity index (χ4n) is 2.70. The van der Waals surface area contributed by atoms with Crippen molar-refractivity contribution in [1.29, 1.82) is 0 Å². The highest BCUT2D eigenvalue weighted by atomic mass is 19.3. The topological polar surface area (TPSA) is 107 Å². The standard InChI is InChI=1S/C20H23F2N7O2/c1-11(2)29-10-13(8-24-29)14-6-18(28-19(27-14)20(4,21)22)26-15-7-17(25-12(3)30)23-9-16(15)31-5/h6-11H,1-5H3,(H2,23,25,26,27,28,30). The molecule has 0 aliphatic carbocycles. The number of carbonyl (C=O) groups is 1. The van der Waals surface area contributed by atoms with Crippen molar-refractivity contribution >= 4 is 23.2 Å². The van der Waals surface area contributed by atoms with Crippen LogP contribution >= 0.6 is 0 Å². The van der Waals surface area contributed by atoms with Crippen LogP contribution in [0.15, 0.2) is 30.7 Å². The summed E-state index contributed by atoms with van der Waals surface area (Å²) in [6.45, 7) is 5.99. The van der Waals surface area contributed by atoms with Gasteiger partial charge >= 0.3 is 5.92 Å². The number of aromatic nitrogens is 5. The van der Waals surface area contributed by atoms with Crippen LogP contribution in [-0.4, -0.2) is 37.7 Å². The van der Waals surface area contributed by atoms with Gasteiger partial charge in [-0.2, -0.15) is 13.9 Å². The van der Waals surface area contributed by atoms with Crippen LogP contribution in [0.1, 0.15) is 39.6 Å². The Balaban J connectivity index is 2.05. The minimum absolute atomic E-state index is 0.105. The Bertz CT molecular complexity index is 1090. The zero-order valence-corrected chi connectivity index (χ0v) is 17.8.